The van der Waals surface area contributed by atoms with Crippen LogP contribution in [-0.4, -0.2) is 67.0 Å². The average Bonchev–Trinajstić information content (AvgIpc) is 3.42. The Balaban J connectivity index is 1.27. The SMILES string of the molecule is C[C@]1(C(=O)O)CC[C@H](N2CCO[C@@H](c3nc(-c4ccc(C(=O)Nc5ccccn5)cc4)c4c(N)ncc(Cl)n34)C2)CC1. The number of nitrogens with two attached hydrogens (primary N) is 1. The maximum Gasteiger partial charge on any atom is 0.309 e. The third-order valence-corrected chi connectivity index (χ3v) is 8.74. The van der Waals surface area contributed by atoms with E-state index in [9.17, 15) is 14.7 Å². The number of aliphatic carboxylic acids is 1. The fraction of sp³-hybridized carbons (Fsp3) is 0.367. The Labute approximate surface area is 247 Å². The van der Waals surface area contributed by atoms with Gasteiger partial charge in [0.1, 0.15) is 39.9 Å². The smallest absolute Gasteiger partial charge is 0.309 e. The molecule has 0 bridgehead atoms. The normalized spacial score (nSPS) is 23.1. The highest BCUT2D eigenvalue weighted by atomic mass is 35.5. The van der Waals surface area contributed by atoms with Crippen LogP contribution in [0.4, 0.5) is 11.6 Å². The van der Waals surface area contributed by atoms with Gasteiger partial charge in [0.05, 0.1) is 18.2 Å². The molecule has 42 heavy (non-hydrogen) atoms. The Morgan fingerprint density at radius 1 is 1.14 bits per heavy atom. The number of hydrogen-bond donors (Lipinski definition) is 3. The number of ether oxygens (including phenoxy) is 1. The lowest BCUT2D eigenvalue weighted by Gasteiger charge is -2.42. The van der Waals surface area contributed by atoms with E-state index in [0.717, 1.165) is 24.9 Å². The van der Waals surface area contributed by atoms with E-state index in [2.05, 4.69) is 20.2 Å². The lowest BCUT2D eigenvalue weighted by Crippen LogP contribution is -2.48. The van der Waals surface area contributed by atoms with Crippen LogP contribution in [-0.2, 0) is 9.53 Å². The van der Waals surface area contributed by atoms with Crippen LogP contribution in [0.5, 0.6) is 0 Å². The van der Waals surface area contributed by atoms with Crippen LogP contribution < -0.4 is 11.1 Å². The first-order valence-electron chi connectivity index (χ1n) is 14.0. The molecule has 1 aliphatic heterocycles. The van der Waals surface area contributed by atoms with Crippen LogP contribution in [0.1, 0.15) is 54.9 Å². The summed E-state index contributed by atoms with van der Waals surface area (Å²) in [6, 6.07) is 12.7. The van der Waals surface area contributed by atoms with Crippen molar-refractivity contribution in [2.45, 2.75) is 44.8 Å². The molecule has 2 fully saturated rings. The number of morpholine rings is 1. The van der Waals surface area contributed by atoms with Crippen molar-refractivity contribution in [3.8, 4) is 11.3 Å². The molecule has 1 atom stereocenters. The molecular weight excluding hydrogens is 558 g/mol. The minimum absolute atomic E-state index is 0.276. The summed E-state index contributed by atoms with van der Waals surface area (Å²) < 4.78 is 8.01. The van der Waals surface area contributed by atoms with E-state index in [4.69, 9.17) is 27.1 Å². The van der Waals surface area contributed by atoms with E-state index in [1.165, 1.54) is 6.20 Å². The molecule has 4 aromatic rings. The van der Waals surface area contributed by atoms with Gasteiger partial charge in [0.2, 0.25) is 0 Å². The number of rotatable bonds is 6. The van der Waals surface area contributed by atoms with Crippen molar-refractivity contribution in [1.82, 2.24) is 24.3 Å². The summed E-state index contributed by atoms with van der Waals surface area (Å²) in [6.07, 6.45) is 5.67. The van der Waals surface area contributed by atoms with Crippen LogP contribution in [0.15, 0.2) is 54.9 Å². The average molecular weight is 590 g/mol. The van der Waals surface area contributed by atoms with Gasteiger partial charge in [-0.25, -0.2) is 15.0 Å². The minimum atomic E-state index is -0.722. The predicted octanol–water partition coefficient (Wildman–Crippen LogP) is 4.69. The summed E-state index contributed by atoms with van der Waals surface area (Å²) in [5.74, 6) is 0.363. The summed E-state index contributed by atoms with van der Waals surface area (Å²) in [5.41, 5.74) is 8.07. The molecule has 4 N–H and O–H groups in total. The molecule has 1 saturated carbocycles. The topological polar surface area (TPSA) is 148 Å². The molecule has 0 radical (unpaired) electrons. The standard InChI is InChI=1S/C30H32ClN7O4/c1-30(29(40)41)11-9-20(10-12-30)37-14-15-42-21(17-37)27-36-24(25-26(32)34-16-22(31)38(25)27)18-5-7-19(8-6-18)28(39)35-23-4-2-3-13-33-23/h2-8,13,16,20-21H,9-12,14-15,17H2,1H3,(H2,32,34)(H,40,41)(H,33,35,39)/t20-,21-,30-/m1/s1. The number of carbonyl (C=O) groups excluding carboxylic acids is 1. The lowest BCUT2D eigenvalue weighted by atomic mass is 9.73. The van der Waals surface area contributed by atoms with Crippen LogP contribution in [0.25, 0.3) is 16.8 Å². The Morgan fingerprint density at radius 3 is 2.60 bits per heavy atom. The maximum absolute atomic E-state index is 12.7. The molecule has 0 spiro atoms. The Morgan fingerprint density at radius 2 is 1.90 bits per heavy atom. The van der Waals surface area contributed by atoms with Gasteiger partial charge in [0.25, 0.3) is 5.91 Å². The van der Waals surface area contributed by atoms with Crippen LogP contribution in [0.2, 0.25) is 5.15 Å². The highest BCUT2D eigenvalue weighted by molar-refractivity contribution is 6.30. The lowest BCUT2D eigenvalue weighted by molar-refractivity contribution is -0.151. The highest BCUT2D eigenvalue weighted by Gasteiger charge is 2.40. The van der Waals surface area contributed by atoms with Gasteiger partial charge in [-0.15, -0.1) is 0 Å². The molecule has 1 aliphatic carbocycles. The number of carboxylic acid groups (broad SMARTS) is 1. The molecule has 12 heteroatoms. The zero-order chi connectivity index (χ0) is 29.4. The van der Waals surface area contributed by atoms with E-state index in [1.54, 1.807) is 40.9 Å². The number of nitrogen functional groups attached to an aromatic ring is 1. The quantitative estimate of drug-likeness (QED) is 0.291. The first-order chi connectivity index (χ1) is 20.2. The summed E-state index contributed by atoms with van der Waals surface area (Å²) in [7, 11) is 0. The third-order valence-electron chi connectivity index (χ3n) is 8.47. The van der Waals surface area contributed by atoms with E-state index < -0.39 is 11.4 Å². The van der Waals surface area contributed by atoms with E-state index >= 15 is 0 Å². The Hall–Kier alpha value is -4.06. The van der Waals surface area contributed by atoms with E-state index in [-0.39, 0.29) is 23.9 Å². The van der Waals surface area contributed by atoms with E-state index in [1.807, 2.05) is 19.1 Å². The van der Waals surface area contributed by atoms with Gasteiger partial charge in [-0.05, 0) is 56.9 Å². The number of amides is 1. The van der Waals surface area contributed by atoms with Gasteiger partial charge < -0.3 is 20.9 Å². The first kappa shape index (κ1) is 28.1. The number of nitrogens with one attached hydrogen (secondary N) is 1. The Bertz CT molecular complexity index is 1620. The summed E-state index contributed by atoms with van der Waals surface area (Å²) in [4.78, 5) is 40.3. The zero-order valence-corrected chi connectivity index (χ0v) is 23.9. The summed E-state index contributed by atoms with van der Waals surface area (Å²) in [6.45, 7) is 3.71. The van der Waals surface area contributed by atoms with Gasteiger partial charge in [0, 0.05) is 36.5 Å². The molecule has 4 heterocycles. The van der Waals surface area contributed by atoms with Crippen molar-refractivity contribution in [2.24, 2.45) is 5.41 Å². The Kier molecular flexibility index (Phi) is 7.56. The number of pyridine rings is 1. The van der Waals surface area contributed by atoms with Gasteiger partial charge in [-0.3, -0.25) is 18.9 Å². The third kappa shape index (κ3) is 5.31. The zero-order valence-electron chi connectivity index (χ0n) is 23.2. The van der Waals surface area contributed by atoms with Crippen molar-refractivity contribution < 1.29 is 19.4 Å². The fourth-order valence-corrected chi connectivity index (χ4v) is 6.15. The second-order valence-electron chi connectivity index (χ2n) is 11.2. The van der Waals surface area contributed by atoms with Crippen molar-refractivity contribution in [3.63, 3.8) is 0 Å². The number of halogens is 1. The minimum Gasteiger partial charge on any atom is -0.481 e. The van der Waals surface area contributed by atoms with Crippen LogP contribution >= 0.6 is 11.6 Å². The van der Waals surface area contributed by atoms with Crippen molar-refractivity contribution in [1.29, 1.82) is 0 Å². The number of benzene rings is 1. The predicted molar refractivity (Wildman–Crippen MR) is 158 cm³/mol. The number of carbonyl (C=O) groups is 2. The molecule has 6 rings (SSSR count). The second kappa shape index (κ2) is 11.3. The van der Waals surface area contributed by atoms with Crippen molar-refractivity contribution in [3.05, 3.63) is 71.4 Å². The summed E-state index contributed by atoms with van der Waals surface area (Å²) >= 11 is 6.67. The number of hydrogen-bond acceptors (Lipinski definition) is 8. The molecule has 1 aromatic carbocycles. The molecule has 1 saturated heterocycles. The van der Waals surface area contributed by atoms with Gasteiger partial charge >= 0.3 is 5.97 Å². The molecule has 3 aromatic heterocycles. The van der Waals surface area contributed by atoms with Gasteiger partial charge in [-0.1, -0.05) is 29.8 Å². The van der Waals surface area contributed by atoms with Crippen molar-refractivity contribution >= 4 is 40.6 Å². The highest BCUT2D eigenvalue weighted by Crippen LogP contribution is 2.40. The molecule has 2 aliphatic rings. The number of carboxylic acids is 1. The number of anilines is 2. The first-order valence-corrected chi connectivity index (χ1v) is 14.4. The second-order valence-corrected chi connectivity index (χ2v) is 11.6. The number of fused-ring (bicyclic) bond motifs is 1. The van der Waals surface area contributed by atoms with E-state index in [0.29, 0.717) is 59.6 Å². The molecular formula is C30H32ClN7O4. The van der Waals surface area contributed by atoms with Gasteiger partial charge in [0.15, 0.2) is 0 Å². The van der Waals surface area contributed by atoms with Crippen LogP contribution in [0.3, 0.4) is 0 Å². The fourth-order valence-electron chi connectivity index (χ4n) is 5.93. The van der Waals surface area contributed by atoms with Crippen LogP contribution in [0, 0.1) is 5.41 Å². The largest absolute Gasteiger partial charge is 0.481 e. The van der Waals surface area contributed by atoms with Gasteiger partial charge in [-0.2, -0.15) is 0 Å². The molecule has 11 nitrogen and oxygen atoms in total. The summed E-state index contributed by atoms with van der Waals surface area (Å²) in [5, 5.41) is 12.8. The number of imidazole rings is 1. The maximum atomic E-state index is 12.7. The number of aromatic nitrogens is 4. The molecule has 0 unspecified atom stereocenters. The van der Waals surface area contributed by atoms with Crippen molar-refractivity contribution in [2.75, 3.05) is 30.7 Å². The monoisotopic (exact) mass is 589 g/mol. The molecule has 1 amide bonds. The molecule has 218 valence electrons. The number of nitrogens with zero attached hydrogens (tertiary/aromatic N) is 5.